The highest BCUT2D eigenvalue weighted by atomic mass is 32.1. The number of ether oxygens (including phenoxy) is 1. The lowest BCUT2D eigenvalue weighted by Gasteiger charge is -2.32. The lowest BCUT2D eigenvalue weighted by Crippen LogP contribution is -2.49. The van der Waals surface area contributed by atoms with Gasteiger partial charge in [-0.1, -0.05) is 32.1 Å². The van der Waals surface area contributed by atoms with E-state index in [0.717, 1.165) is 5.69 Å². The molecule has 0 saturated carbocycles. The van der Waals surface area contributed by atoms with E-state index >= 15 is 0 Å². The van der Waals surface area contributed by atoms with Crippen LogP contribution in [0, 0.1) is 5.92 Å². The first-order valence-corrected chi connectivity index (χ1v) is 9.34. The Bertz CT molecular complexity index is 810. The first kappa shape index (κ1) is 17.8. The van der Waals surface area contributed by atoms with Gasteiger partial charge in [0.25, 0.3) is 5.56 Å². The van der Waals surface area contributed by atoms with Crippen LogP contribution in [0.2, 0.25) is 0 Å². The van der Waals surface area contributed by atoms with Gasteiger partial charge < -0.3 is 15.0 Å². The van der Waals surface area contributed by atoms with Crippen LogP contribution < -0.4 is 10.9 Å². The van der Waals surface area contributed by atoms with Crippen molar-refractivity contribution in [3.63, 3.8) is 0 Å². The molecule has 8 nitrogen and oxygen atoms in total. The van der Waals surface area contributed by atoms with E-state index in [1.807, 2.05) is 25.7 Å². The molecular weight excluding hydrogens is 342 g/mol. The molecule has 136 valence electrons. The Kier molecular flexibility index (Phi) is 5.33. The second-order valence-electron chi connectivity index (χ2n) is 6.34. The standard InChI is InChI=1S/C16H23N5O3S/c1-4-11-9-12(22)21-16(17-11)25-15(19-21)18-13(10(2)3)14(23)20-5-7-24-8-6-20/h9-10,13H,4-8H2,1-3H3,(H,18,19). The first-order valence-electron chi connectivity index (χ1n) is 8.52. The molecule has 3 heterocycles. The second-order valence-corrected chi connectivity index (χ2v) is 7.30. The average molecular weight is 365 g/mol. The second kappa shape index (κ2) is 7.49. The molecule has 3 rings (SSSR count). The van der Waals surface area contributed by atoms with Crippen molar-refractivity contribution < 1.29 is 9.53 Å². The van der Waals surface area contributed by atoms with Crippen LogP contribution in [0.3, 0.4) is 0 Å². The van der Waals surface area contributed by atoms with Crippen molar-refractivity contribution in [1.29, 1.82) is 0 Å². The zero-order chi connectivity index (χ0) is 18.0. The summed E-state index contributed by atoms with van der Waals surface area (Å²) in [6.45, 7) is 8.27. The third-order valence-electron chi connectivity index (χ3n) is 4.19. The van der Waals surface area contributed by atoms with Crippen molar-refractivity contribution >= 4 is 27.3 Å². The Balaban J connectivity index is 1.84. The monoisotopic (exact) mass is 365 g/mol. The zero-order valence-corrected chi connectivity index (χ0v) is 15.5. The van der Waals surface area contributed by atoms with E-state index < -0.39 is 6.04 Å². The van der Waals surface area contributed by atoms with Crippen LogP contribution in [0.25, 0.3) is 4.96 Å². The molecule has 1 saturated heterocycles. The Labute approximate surface area is 149 Å². The van der Waals surface area contributed by atoms with Crippen LogP contribution >= 0.6 is 11.3 Å². The van der Waals surface area contributed by atoms with E-state index in [0.29, 0.717) is 42.8 Å². The lowest BCUT2D eigenvalue weighted by atomic mass is 10.0. The predicted octanol–water partition coefficient (Wildman–Crippen LogP) is 1.01. The molecule has 1 amide bonds. The van der Waals surface area contributed by atoms with Crippen molar-refractivity contribution in [3.05, 3.63) is 22.1 Å². The maximum absolute atomic E-state index is 12.8. The van der Waals surface area contributed by atoms with E-state index in [1.165, 1.54) is 21.9 Å². The number of rotatable bonds is 5. The summed E-state index contributed by atoms with van der Waals surface area (Å²) >= 11 is 1.28. The summed E-state index contributed by atoms with van der Waals surface area (Å²) in [7, 11) is 0. The van der Waals surface area contributed by atoms with Gasteiger partial charge in [-0.15, -0.1) is 5.10 Å². The molecular formula is C16H23N5O3S. The SMILES string of the molecule is CCc1cc(=O)n2nc(NC(C(=O)N3CCOCC3)C(C)C)sc2n1. The van der Waals surface area contributed by atoms with E-state index in [4.69, 9.17) is 4.74 Å². The van der Waals surface area contributed by atoms with E-state index in [-0.39, 0.29) is 17.4 Å². The molecule has 1 aliphatic heterocycles. The van der Waals surface area contributed by atoms with Gasteiger partial charge in [0.2, 0.25) is 16.0 Å². The van der Waals surface area contributed by atoms with Gasteiger partial charge in [-0.25, -0.2) is 4.98 Å². The van der Waals surface area contributed by atoms with Crippen LogP contribution in [0.15, 0.2) is 10.9 Å². The number of aromatic nitrogens is 3. The van der Waals surface area contributed by atoms with Gasteiger partial charge in [0.1, 0.15) is 6.04 Å². The van der Waals surface area contributed by atoms with Gasteiger partial charge in [-0.3, -0.25) is 9.59 Å². The largest absolute Gasteiger partial charge is 0.378 e. The molecule has 0 aromatic carbocycles. The van der Waals surface area contributed by atoms with Gasteiger partial charge in [0.15, 0.2) is 0 Å². The molecule has 1 fully saturated rings. The van der Waals surface area contributed by atoms with Gasteiger partial charge in [-0.05, 0) is 12.3 Å². The molecule has 0 aliphatic carbocycles. The molecule has 9 heteroatoms. The summed E-state index contributed by atoms with van der Waals surface area (Å²) in [6.07, 6.45) is 0.691. The minimum absolute atomic E-state index is 0.0344. The predicted molar refractivity (Wildman–Crippen MR) is 96.2 cm³/mol. The number of nitrogens with one attached hydrogen (secondary N) is 1. The Hall–Kier alpha value is -2.00. The number of hydrogen-bond acceptors (Lipinski definition) is 7. The van der Waals surface area contributed by atoms with Crippen LogP contribution in [0.5, 0.6) is 0 Å². The quantitative estimate of drug-likeness (QED) is 0.851. The van der Waals surface area contributed by atoms with Crippen molar-refractivity contribution in [1.82, 2.24) is 19.5 Å². The number of nitrogens with zero attached hydrogens (tertiary/aromatic N) is 4. The normalized spacial score (nSPS) is 16.4. The maximum Gasteiger partial charge on any atom is 0.275 e. The Morgan fingerprint density at radius 2 is 2.12 bits per heavy atom. The molecule has 25 heavy (non-hydrogen) atoms. The van der Waals surface area contributed by atoms with Gasteiger partial charge in [0.05, 0.1) is 13.2 Å². The van der Waals surface area contributed by atoms with Gasteiger partial charge in [-0.2, -0.15) is 4.52 Å². The molecule has 2 aromatic rings. The fourth-order valence-electron chi connectivity index (χ4n) is 2.72. The van der Waals surface area contributed by atoms with Gasteiger partial charge in [0, 0.05) is 24.8 Å². The number of amides is 1. The van der Waals surface area contributed by atoms with Crippen molar-refractivity contribution in [2.45, 2.75) is 33.2 Å². The molecule has 1 unspecified atom stereocenters. The van der Waals surface area contributed by atoms with E-state index in [2.05, 4.69) is 15.4 Å². The molecule has 0 bridgehead atoms. The third kappa shape index (κ3) is 3.82. The van der Waals surface area contributed by atoms with E-state index in [9.17, 15) is 9.59 Å². The number of anilines is 1. The Morgan fingerprint density at radius 1 is 1.40 bits per heavy atom. The maximum atomic E-state index is 12.8. The number of carbonyl (C=O) groups excluding carboxylic acids is 1. The summed E-state index contributed by atoms with van der Waals surface area (Å²) in [5, 5.41) is 8.02. The van der Waals surface area contributed by atoms with Crippen LogP contribution in [0.4, 0.5) is 5.13 Å². The zero-order valence-electron chi connectivity index (χ0n) is 14.7. The molecule has 0 radical (unpaired) electrons. The molecule has 1 atom stereocenters. The van der Waals surface area contributed by atoms with Crippen molar-refractivity contribution in [2.75, 3.05) is 31.6 Å². The summed E-state index contributed by atoms with van der Waals surface area (Å²) < 4.78 is 6.59. The number of aryl methyl sites for hydroxylation is 1. The summed E-state index contributed by atoms with van der Waals surface area (Å²) in [6, 6.07) is 1.09. The number of morpholine rings is 1. The Morgan fingerprint density at radius 3 is 2.76 bits per heavy atom. The summed E-state index contributed by atoms with van der Waals surface area (Å²) in [5.41, 5.74) is 0.539. The van der Waals surface area contributed by atoms with Crippen LogP contribution in [-0.4, -0.2) is 57.8 Å². The van der Waals surface area contributed by atoms with E-state index in [1.54, 1.807) is 0 Å². The fourth-order valence-corrected chi connectivity index (χ4v) is 3.58. The average Bonchev–Trinajstić information content (AvgIpc) is 3.03. The number of carbonyl (C=O) groups is 1. The molecule has 1 aliphatic rings. The topological polar surface area (TPSA) is 88.8 Å². The highest BCUT2D eigenvalue weighted by Gasteiger charge is 2.29. The van der Waals surface area contributed by atoms with Crippen molar-refractivity contribution in [3.8, 4) is 0 Å². The number of hydrogen-bond donors (Lipinski definition) is 1. The highest BCUT2D eigenvalue weighted by Crippen LogP contribution is 2.21. The molecule has 0 spiro atoms. The number of fused-ring (bicyclic) bond motifs is 1. The minimum Gasteiger partial charge on any atom is -0.378 e. The minimum atomic E-state index is -0.403. The molecule has 2 aromatic heterocycles. The smallest absolute Gasteiger partial charge is 0.275 e. The van der Waals surface area contributed by atoms with Gasteiger partial charge >= 0.3 is 0 Å². The first-order chi connectivity index (χ1) is 12.0. The molecule has 1 N–H and O–H groups in total. The third-order valence-corrected chi connectivity index (χ3v) is 5.03. The summed E-state index contributed by atoms with van der Waals surface area (Å²) in [5.74, 6) is 0.116. The summed E-state index contributed by atoms with van der Waals surface area (Å²) in [4.78, 5) is 31.7. The van der Waals surface area contributed by atoms with Crippen LogP contribution in [-0.2, 0) is 16.0 Å². The highest BCUT2D eigenvalue weighted by molar-refractivity contribution is 7.20. The fraction of sp³-hybridized carbons (Fsp3) is 0.625. The lowest BCUT2D eigenvalue weighted by molar-refractivity contribution is -0.137. The van der Waals surface area contributed by atoms with Crippen molar-refractivity contribution in [2.24, 2.45) is 5.92 Å². The van der Waals surface area contributed by atoms with Crippen LogP contribution in [0.1, 0.15) is 26.5 Å².